The van der Waals surface area contributed by atoms with Crippen LogP contribution in [0.2, 0.25) is 0 Å². The van der Waals surface area contributed by atoms with Gasteiger partial charge in [-0.1, -0.05) is 0 Å². The predicted molar refractivity (Wildman–Crippen MR) is 73.9 cm³/mol. The van der Waals surface area contributed by atoms with Crippen molar-refractivity contribution in [2.75, 3.05) is 13.1 Å². The maximum atomic E-state index is 12.2. The summed E-state index contributed by atoms with van der Waals surface area (Å²) >= 11 is 0. The maximum Gasteiger partial charge on any atom is 0.314 e. The molecule has 2 atom stereocenters. The smallest absolute Gasteiger partial charge is 0.314 e. The first-order valence-corrected chi connectivity index (χ1v) is 6.88. The predicted octanol–water partition coefficient (Wildman–Crippen LogP) is 1.56. The molecule has 1 fully saturated rings. The Morgan fingerprint density at radius 1 is 1.50 bits per heavy atom. The zero-order valence-corrected chi connectivity index (χ0v) is 11.9. The van der Waals surface area contributed by atoms with Crippen LogP contribution in [-0.4, -0.2) is 29.9 Å². The lowest BCUT2D eigenvalue weighted by Gasteiger charge is -2.31. The van der Waals surface area contributed by atoms with Crippen LogP contribution < -0.4 is 11.1 Å². The van der Waals surface area contributed by atoms with Gasteiger partial charge in [-0.05, 0) is 38.8 Å². The molecule has 0 aliphatic carbocycles. The van der Waals surface area contributed by atoms with Crippen LogP contribution in [0.5, 0.6) is 0 Å². The topological polar surface area (TPSA) is 88.6 Å². The van der Waals surface area contributed by atoms with Crippen molar-refractivity contribution in [3.63, 3.8) is 0 Å². The standard InChI is InChI=1S/C14H21N3O3/c1-9-5-6-12(20-9)10(2)16-13(18)11-4-3-7-17(8-11)14(15)19/h5-6,10-11H,3-4,7-8H2,1-2H3,(H2,15,19)(H,16,18)/t10-,11-/m1/s1. The van der Waals surface area contributed by atoms with Crippen molar-refractivity contribution in [2.45, 2.75) is 32.7 Å². The largest absolute Gasteiger partial charge is 0.464 e. The average molecular weight is 279 g/mol. The normalized spacial score (nSPS) is 20.5. The zero-order valence-electron chi connectivity index (χ0n) is 11.9. The molecule has 1 aromatic rings. The van der Waals surface area contributed by atoms with Gasteiger partial charge >= 0.3 is 6.03 Å². The molecule has 3 N–H and O–H groups in total. The van der Waals surface area contributed by atoms with E-state index in [2.05, 4.69) is 5.32 Å². The molecule has 2 rings (SSSR count). The van der Waals surface area contributed by atoms with Gasteiger partial charge in [-0.25, -0.2) is 4.79 Å². The Bertz CT molecular complexity index is 498. The molecule has 1 saturated heterocycles. The van der Waals surface area contributed by atoms with Gasteiger partial charge in [0.25, 0.3) is 0 Å². The van der Waals surface area contributed by atoms with E-state index in [0.29, 0.717) is 13.1 Å². The van der Waals surface area contributed by atoms with Gasteiger partial charge in [0.05, 0.1) is 12.0 Å². The maximum absolute atomic E-state index is 12.2. The highest BCUT2D eigenvalue weighted by Crippen LogP contribution is 2.20. The molecular weight excluding hydrogens is 258 g/mol. The molecule has 3 amide bonds. The number of urea groups is 1. The summed E-state index contributed by atoms with van der Waals surface area (Å²) in [6.07, 6.45) is 1.58. The minimum atomic E-state index is -0.461. The van der Waals surface area contributed by atoms with E-state index >= 15 is 0 Å². The third-order valence-electron chi connectivity index (χ3n) is 3.65. The van der Waals surface area contributed by atoms with Crippen LogP contribution in [0.4, 0.5) is 4.79 Å². The molecule has 0 spiro atoms. The van der Waals surface area contributed by atoms with Crippen molar-refractivity contribution in [2.24, 2.45) is 11.7 Å². The first-order chi connectivity index (χ1) is 9.47. The van der Waals surface area contributed by atoms with E-state index in [9.17, 15) is 9.59 Å². The number of likely N-dealkylation sites (tertiary alicyclic amines) is 1. The lowest BCUT2D eigenvalue weighted by atomic mass is 9.97. The molecule has 0 saturated carbocycles. The van der Waals surface area contributed by atoms with Gasteiger partial charge < -0.3 is 20.4 Å². The van der Waals surface area contributed by atoms with Gasteiger partial charge in [-0.2, -0.15) is 0 Å². The number of nitrogens with one attached hydrogen (secondary N) is 1. The lowest BCUT2D eigenvalue weighted by Crippen LogP contribution is -2.47. The first-order valence-electron chi connectivity index (χ1n) is 6.88. The van der Waals surface area contributed by atoms with Crippen molar-refractivity contribution >= 4 is 11.9 Å². The lowest BCUT2D eigenvalue weighted by molar-refractivity contribution is -0.127. The van der Waals surface area contributed by atoms with Crippen molar-refractivity contribution < 1.29 is 14.0 Å². The Morgan fingerprint density at radius 3 is 2.85 bits per heavy atom. The van der Waals surface area contributed by atoms with Gasteiger partial charge in [0.15, 0.2) is 0 Å². The molecule has 0 unspecified atom stereocenters. The van der Waals surface area contributed by atoms with Gasteiger partial charge in [0.1, 0.15) is 11.5 Å². The summed E-state index contributed by atoms with van der Waals surface area (Å²) in [5.74, 6) is 1.30. The van der Waals surface area contributed by atoms with E-state index in [4.69, 9.17) is 10.2 Å². The Labute approximate surface area is 118 Å². The number of primary amides is 1. The fraction of sp³-hybridized carbons (Fsp3) is 0.571. The number of nitrogens with two attached hydrogens (primary N) is 1. The highest BCUT2D eigenvalue weighted by atomic mass is 16.3. The van der Waals surface area contributed by atoms with E-state index < -0.39 is 6.03 Å². The number of furan rings is 1. The molecule has 0 radical (unpaired) electrons. The van der Waals surface area contributed by atoms with E-state index in [-0.39, 0.29) is 17.9 Å². The van der Waals surface area contributed by atoms with Gasteiger partial charge in [0.2, 0.25) is 5.91 Å². The summed E-state index contributed by atoms with van der Waals surface area (Å²) in [6, 6.07) is 3.09. The molecule has 6 heteroatoms. The molecule has 2 heterocycles. The van der Waals surface area contributed by atoms with Crippen LogP contribution >= 0.6 is 0 Å². The van der Waals surface area contributed by atoms with Crippen LogP contribution in [0.1, 0.15) is 37.3 Å². The fourth-order valence-electron chi connectivity index (χ4n) is 2.48. The minimum Gasteiger partial charge on any atom is -0.464 e. The Kier molecular flexibility index (Phi) is 4.32. The molecule has 0 aromatic carbocycles. The number of amides is 3. The van der Waals surface area contributed by atoms with E-state index in [1.807, 2.05) is 26.0 Å². The molecular formula is C14H21N3O3. The SMILES string of the molecule is Cc1ccc([C@@H](C)NC(=O)[C@@H]2CCCN(C(N)=O)C2)o1. The summed E-state index contributed by atoms with van der Waals surface area (Å²) in [7, 11) is 0. The van der Waals surface area contributed by atoms with E-state index in [1.54, 1.807) is 0 Å². The monoisotopic (exact) mass is 279 g/mol. The number of rotatable bonds is 3. The van der Waals surface area contributed by atoms with Gasteiger partial charge in [0, 0.05) is 13.1 Å². The van der Waals surface area contributed by atoms with E-state index in [0.717, 1.165) is 24.4 Å². The quantitative estimate of drug-likeness (QED) is 0.880. The second-order valence-electron chi connectivity index (χ2n) is 5.30. The van der Waals surface area contributed by atoms with Crippen molar-refractivity contribution in [3.05, 3.63) is 23.7 Å². The molecule has 6 nitrogen and oxygen atoms in total. The molecule has 1 aliphatic rings. The van der Waals surface area contributed by atoms with E-state index in [1.165, 1.54) is 4.90 Å². The number of nitrogens with zero attached hydrogens (tertiary/aromatic N) is 1. The van der Waals surface area contributed by atoms with Crippen LogP contribution in [0, 0.1) is 12.8 Å². The molecule has 0 bridgehead atoms. The molecule has 110 valence electrons. The van der Waals surface area contributed by atoms with Crippen LogP contribution in [0.15, 0.2) is 16.5 Å². The van der Waals surface area contributed by atoms with Gasteiger partial charge in [-0.3, -0.25) is 4.79 Å². The van der Waals surface area contributed by atoms with Crippen LogP contribution in [0.25, 0.3) is 0 Å². The summed E-state index contributed by atoms with van der Waals surface area (Å²) < 4.78 is 5.49. The number of piperidine rings is 1. The summed E-state index contributed by atoms with van der Waals surface area (Å²) in [6.45, 7) is 4.77. The third-order valence-corrected chi connectivity index (χ3v) is 3.65. The minimum absolute atomic E-state index is 0.0579. The average Bonchev–Trinajstić information content (AvgIpc) is 2.85. The Hall–Kier alpha value is -1.98. The highest BCUT2D eigenvalue weighted by Gasteiger charge is 2.28. The second-order valence-corrected chi connectivity index (χ2v) is 5.30. The second kappa shape index (κ2) is 5.98. The summed E-state index contributed by atoms with van der Waals surface area (Å²) in [5.41, 5.74) is 5.26. The Morgan fingerprint density at radius 2 is 2.25 bits per heavy atom. The van der Waals surface area contributed by atoms with Crippen molar-refractivity contribution in [1.29, 1.82) is 0 Å². The third kappa shape index (κ3) is 3.31. The summed E-state index contributed by atoms with van der Waals surface area (Å²) in [4.78, 5) is 24.9. The number of carbonyl (C=O) groups excluding carboxylic acids is 2. The Balaban J connectivity index is 1.92. The number of aryl methyl sites for hydroxylation is 1. The first kappa shape index (κ1) is 14.4. The van der Waals surface area contributed by atoms with Crippen molar-refractivity contribution in [3.8, 4) is 0 Å². The van der Waals surface area contributed by atoms with Crippen LogP contribution in [0.3, 0.4) is 0 Å². The zero-order chi connectivity index (χ0) is 14.7. The number of hydrogen-bond donors (Lipinski definition) is 2. The summed E-state index contributed by atoms with van der Waals surface area (Å²) in [5, 5.41) is 2.93. The van der Waals surface area contributed by atoms with Crippen LogP contribution in [-0.2, 0) is 4.79 Å². The molecule has 20 heavy (non-hydrogen) atoms. The van der Waals surface area contributed by atoms with Gasteiger partial charge in [-0.15, -0.1) is 0 Å². The highest BCUT2D eigenvalue weighted by molar-refractivity contribution is 5.80. The number of carbonyl (C=O) groups is 2. The number of hydrogen-bond acceptors (Lipinski definition) is 3. The fourth-order valence-corrected chi connectivity index (χ4v) is 2.48. The van der Waals surface area contributed by atoms with Crippen molar-refractivity contribution in [1.82, 2.24) is 10.2 Å². The molecule has 1 aromatic heterocycles. The molecule has 1 aliphatic heterocycles.